The van der Waals surface area contributed by atoms with Crippen molar-refractivity contribution >= 4 is 33.9 Å². The molecule has 1 N–H and O–H groups in total. The number of esters is 1. The Labute approximate surface area is 211 Å². The number of carbonyl (C=O) groups is 2. The third-order valence-electron chi connectivity index (χ3n) is 6.27. The Morgan fingerprint density at radius 3 is 2.28 bits per heavy atom. The van der Waals surface area contributed by atoms with Gasteiger partial charge in [-0.1, -0.05) is 57.9 Å². The van der Waals surface area contributed by atoms with E-state index in [-0.39, 0.29) is 47.0 Å². The zero-order valence-electron chi connectivity index (χ0n) is 21.3. The van der Waals surface area contributed by atoms with Gasteiger partial charge in [-0.05, 0) is 44.0 Å². The normalized spacial score (nSPS) is 11.2. The summed E-state index contributed by atoms with van der Waals surface area (Å²) in [6.45, 7) is 4.59. The van der Waals surface area contributed by atoms with Gasteiger partial charge in [0.25, 0.3) is 0 Å². The molecular formula is C29H36O7. The topological polar surface area (TPSA) is 103 Å². The highest BCUT2D eigenvalue weighted by Crippen LogP contribution is 2.32. The summed E-state index contributed by atoms with van der Waals surface area (Å²) in [5, 5.41) is 9.89. The van der Waals surface area contributed by atoms with Crippen LogP contribution in [0.1, 0.15) is 87.6 Å². The van der Waals surface area contributed by atoms with E-state index in [1.54, 1.807) is 37.3 Å². The van der Waals surface area contributed by atoms with Crippen LogP contribution in [-0.4, -0.2) is 30.3 Å². The molecule has 0 spiro atoms. The molecule has 36 heavy (non-hydrogen) atoms. The number of benzene rings is 2. The van der Waals surface area contributed by atoms with Crippen LogP contribution < -0.4 is 10.2 Å². The summed E-state index contributed by atoms with van der Waals surface area (Å²) in [6.07, 6.45) is 9.40. The molecule has 1 heterocycles. The van der Waals surface area contributed by atoms with Crippen molar-refractivity contribution in [2.75, 3.05) is 13.2 Å². The molecule has 0 amide bonds. The van der Waals surface area contributed by atoms with Crippen LogP contribution in [0.2, 0.25) is 0 Å². The molecular weight excluding hydrogens is 460 g/mol. The molecule has 3 aromatic rings. The number of ether oxygens (including phenoxy) is 2. The fourth-order valence-corrected chi connectivity index (χ4v) is 4.37. The Bertz CT molecular complexity index is 1240. The number of hydrogen-bond acceptors (Lipinski definition) is 6. The minimum Gasteiger partial charge on any atom is -0.493 e. The molecule has 0 radical (unpaired) electrons. The van der Waals surface area contributed by atoms with Gasteiger partial charge in [0.2, 0.25) is 5.43 Å². The van der Waals surface area contributed by atoms with Crippen molar-refractivity contribution in [3.63, 3.8) is 0 Å². The van der Waals surface area contributed by atoms with Crippen molar-refractivity contribution in [1.82, 2.24) is 0 Å². The Hall–Kier alpha value is -3.35. The lowest BCUT2D eigenvalue weighted by Crippen LogP contribution is -2.10. The molecule has 0 unspecified atom stereocenters. The third-order valence-corrected chi connectivity index (χ3v) is 6.27. The second kappa shape index (κ2) is 13.7. The summed E-state index contributed by atoms with van der Waals surface area (Å²) in [6, 6.07) is 8.12. The van der Waals surface area contributed by atoms with Crippen LogP contribution in [-0.2, 0) is 16.0 Å². The molecule has 0 aliphatic rings. The average molecular weight is 497 g/mol. The summed E-state index contributed by atoms with van der Waals surface area (Å²) < 4.78 is 17.3. The van der Waals surface area contributed by atoms with Crippen molar-refractivity contribution in [3.8, 4) is 5.75 Å². The van der Waals surface area contributed by atoms with Crippen molar-refractivity contribution in [3.05, 3.63) is 51.7 Å². The SMILES string of the molecule is CCCCCCCCCCOc1ccc2c(=O)c3cccc(C(=O)OCC)c3oc2c1CCC(=O)O. The average Bonchev–Trinajstić information content (AvgIpc) is 2.86. The summed E-state index contributed by atoms with van der Waals surface area (Å²) >= 11 is 0. The van der Waals surface area contributed by atoms with E-state index in [1.807, 2.05) is 0 Å². The molecule has 0 aliphatic carbocycles. The molecule has 0 fully saturated rings. The van der Waals surface area contributed by atoms with Crippen LogP contribution >= 0.6 is 0 Å². The van der Waals surface area contributed by atoms with Gasteiger partial charge in [-0.3, -0.25) is 9.59 Å². The number of hydrogen-bond donors (Lipinski definition) is 1. The van der Waals surface area contributed by atoms with Gasteiger partial charge in [0.1, 0.15) is 16.9 Å². The van der Waals surface area contributed by atoms with Gasteiger partial charge < -0.3 is 19.0 Å². The summed E-state index contributed by atoms with van der Waals surface area (Å²) in [5.74, 6) is -1.04. The van der Waals surface area contributed by atoms with Crippen LogP contribution in [0.3, 0.4) is 0 Å². The van der Waals surface area contributed by atoms with Crippen molar-refractivity contribution < 1.29 is 28.6 Å². The highest BCUT2D eigenvalue weighted by atomic mass is 16.5. The zero-order valence-corrected chi connectivity index (χ0v) is 21.3. The molecule has 3 rings (SSSR count). The van der Waals surface area contributed by atoms with Gasteiger partial charge in [0.05, 0.1) is 24.0 Å². The van der Waals surface area contributed by atoms with Crippen molar-refractivity contribution in [2.45, 2.75) is 78.1 Å². The van der Waals surface area contributed by atoms with Gasteiger partial charge in [-0.2, -0.15) is 0 Å². The first-order chi connectivity index (χ1) is 17.5. The minimum absolute atomic E-state index is 0.130. The Morgan fingerprint density at radius 2 is 1.58 bits per heavy atom. The smallest absolute Gasteiger partial charge is 0.341 e. The molecule has 7 heteroatoms. The van der Waals surface area contributed by atoms with Gasteiger partial charge in [-0.15, -0.1) is 0 Å². The van der Waals surface area contributed by atoms with Crippen molar-refractivity contribution in [1.29, 1.82) is 0 Å². The molecule has 0 saturated heterocycles. The Morgan fingerprint density at radius 1 is 0.889 bits per heavy atom. The quantitative estimate of drug-likeness (QED) is 0.143. The predicted molar refractivity (Wildman–Crippen MR) is 140 cm³/mol. The van der Waals surface area contributed by atoms with E-state index < -0.39 is 11.9 Å². The highest BCUT2D eigenvalue weighted by Gasteiger charge is 2.20. The van der Waals surface area contributed by atoms with E-state index in [1.165, 1.54) is 32.1 Å². The number of aliphatic carboxylic acids is 1. The third kappa shape index (κ3) is 6.86. The number of carboxylic acids is 1. The Kier molecular flexibility index (Phi) is 10.3. The van der Waals surface area contributed by atoms with Gasteiger partial charge >= 0.3 is 11.9 Å². The standard InChI is InChI=1S/C29H36O7/c1-3-5-6-7-8-9-10-11-19-35-24-17-15-22-26(32)21-13-12-14-23(29(33)34-4-2)28(21)36-27(22)20(24)16-18-25(30)31/h12-15,17H,3-11,16,18-19H2,1-2H3,(H,30,31). The highest BCUT2D eigenvalue weighted by molar-refractivity contribution is 6.04. The predicted octanol–water partition coefficient (Wildman–Crippen LogP) is 6.66. The van der Waals surface area contributed by atoms with Gasteiger partial charge in [-0.25, -0.2) is 4.79 Å². The number of aryl methyl sites for hydroxylation is 1. The lowest BCUT2D eigenvalue weighted by atomic mass is 10.0. The molecule has 0 saturated carbocycles. The number of fused-ring (bicyclic) bond motifs is 2. The van der Waals surface area contributed by atoms with E-state index in [0.717, 1.165) is 19.3 Å². The fraction of sp³-hybridized carbons (Fsp3) is 0.483. The lowest BCUT2D eigenvalue weighted by molar-refractivity contribution is -0.136. The number of rotatable bonds is 15. The molecule has 7 nitrogen and oxygen atoms in total. The van der Waals surface area contributed by atoms with E-state index in [0.29, 0.717) is 23.3 Å². The van der Waals surface area contributed by atoms with Crippen LogP contribution in [0.25, 0.3) is 21.9 Å². The lowest BCUT2D eigenvalue weighted by Gasteiger charge is -2.14. The van der Waals surface area contributed by atoms with E-state index in [9.17, 15) is 19.5 Å². The first-order valence-corrected chi connectivity index (χ1v) is 13.0. The van der Waals surface area contributed by atoms with Crippen LogP contribution in [0.15, 0.2) is 39.5 Å². The minimum atomic E-state index is -0.962. The van der Waals surface area contributed by atoms with Crippen molar-refractivity contribution in [2.24, 2.45) is 0 Å². The van der Waals surface area contributed by atoms with Crippen LogP contribution in [0.5, 0.6) is 5.75 Å². The molecule has 0 atom stereocenters. The number of unbranched alkanes of at least 4 members (excludes halogenated alkanes) is 7. The van der Waals surface area contributed by atoms with Crippen LogP contribution in [0.4, 0.5) is 0 Å². The molecule has 2 aromatic carbocycles. The van der Waals surface area contributed by atoms with E-state index in [4.69, 9.17) is 13.9 Å². The first kappa shape index (κ1) is 27.2. The maximum atomic E-state index is 13.3. The van der Waals surface area contributed by atoms with Gasteiger partial charge in [0, 0.05) is 12.0 Å². The summed E-state index contributed by atoms with van der Waals surface area (Å²) in [7, 11) is 0. The number of carboxylic acid groups (broad SMARTS) is 1. The second-order valence-electron chi connectivity index (χ2n) is 8.97. The van der Waals surface area contributed by atoms with Gasteiger partial charge in [0.15, 0.2) is 5.58 Å². The summed E-state index contributed by atoms with van der Waals surface area (Å²) in [4.78, 5) is 37.1. The molecule has 194 valence electrons. The molecule has 0 aliphatic heterocycles. The maximum Gasteiger partial charge on any atom is 0.341 e. The first-order valence-electron chi connectivity index (χ1n) is 13.0. The number of carbonyl (C=O) groups excluding carboxylic acids is 1. The molecule has 1 aromatic heterocycles. The largest absolute Gasteiger partial charge is 0.493 e. The number of para-hydroxylation sites is 1. The second-order valence-corrected chi connectivity index (χ2v) is 8.97. The van der Waals surface area contributed by atoms with Crippen LogP contribution in [0, 0.1) is 0 Å². The van der Waals surface area contributed by atoms with E-state index in [2.05, 4.69) is 6.92 Å². The zero-order chi connectivity index (χ0) is 25.9. The van der Waals surface area contributed by atoms with E-state index >= 15 is 0 Å². The molecule has 0 bridgehead atoms. The summed E-state index contributed by atoms with van der Waals surface area (Å²) in [5.41, 5.74) is 0.766. The fourth-order valence-electron chi connectivity index (χ4n) is 4.37. The monoisotopic (exact) mass is 496 g/mol. The maximum absolute atomic E-state index is 13.3. The Balaban J connectivity index is 1.89.